The van der Waals surface area contributed by atoms with Gasteiger partial charge >= 0.3 is 65.2 Å². The van der Waals surface area contributed by atoms with Crippen LogP contribution in [0.1, 0.15) is 20.3 Å². The minimum atomic E-state index is -3.36. The Morgan fingerprint density at radius 3 is 1.58 bits per heavy atom. The smallest absolute Gasteiger partial charge is 0.147 e. The van der Waals surface area contributed by atoms with E-state index < -0.39 is 16.9 Å². The van der Waals surface area contributed by atoms with Gasteiger partial charge in [0.05, 0.1) is 0 Å². The predicted molar refractivity (Wildman–Crippen MR) is 64.0 cm³/mol. The zero-order valence-corrected chi connectivity index (χ0v) is 15.0. The van der Waals surface area contributed by atoms with E-state index in [4.69, 9.17) is 0 Å². The molecule has 5 heteroatoms. The maximum absolute atomic E-state index is 10.5. The fourth-order valence-electron chi connectivity index (χ4n) is 1.22. The molecule has 1 nitrogen and oxygen atoms in total. The first kappa shape index (κ1) is 19.2. The standard InChI is InChI=1S/C3H7.C2H5.2CH3.2ClH.H2O.H3Si.Zr/c1-3-2;1-2;;;;;;;/h1,3H2,2H3;1H2,2H3;2*1H3;2*1H;1H2;1H3;/q;;;;;;;;+1/p-1. The summed E-state index contributed by atoms with van der Waals surface area (Å²) < 4.78 is 17.1. The van der Waals surface area contributed by atoms with Gasteiger partial charge in [-0.05, 0) is 0 Å². The Kier molecular flexibility index (Phi) is 7.12. The van der Waals surface area contributed by atoms with Gasteiger partial charge in [-0.2, -0.15) is 0 Å². The minimum Gasteiger partial charge on any atom is -0.147 e. The van der Waals surface area contributed by atoms with Crippen LogP contribution in [0.5, 0.6) is 0 Å². The molecule has 0 bridgehead atoms. The molecule has 0 amide bonds. The molecular formula is C7H24Cl2OSiZr. The summed E-state index contributed by atoms with van der Waals surface area (Å²) in [6.07, 6.45) is 1.15. The first-order valence-electron chi connectivity index (χ1n) is 4.34. The van der Waals surface area contributed by atoms with Crippen molar-refractivity contribution in [1.82, 2.24) is 0 Å². The van der Waals surface area contributed by atoms with Gasteiger partial charge in [0, 0.05) is 0 Å². The van der Waals surface area contributed by atoms with E-state index in [1.807, 2.05) is 0 Å². The van der Waals surface area contributed by atoms with Gasteiger partial charge in [0.1, 0.15) is 0 Å². The second-order valence-electron chi connectivity index (χ2n) is 5.96. The Labute approximate surface area is 89.4 Å². The quantitative estimate of drug-likeness (QED) is 0.794. The molecule has 0 aromatic heterocycles. The van der Waals surface area contributed by atoms with E-state index in [1.165, 1.54) is 0 Å². The fraction of sp³-hybridized carbons (Fsp3) is 1.00. The van der Waals surface area contributed by atoms with Crippen LogP contribution in [0, 0.1) is 0 Å². The molecule has 0 heterocycles. The molecule has 0 aliphatic rings. The van der Waals surface area contributed by atoms with Gasteiger partial charge in [0.2, 0.25) is 0 Å². The Morgan fingerprint density at radius 1 is 1.17 bits per heavy atom. The third-order valence-electron chi connectivity index (χ3n) is 2.76. The zero-order chi connectivity index (χ0) is 8.53. The molecule has 0 saturated heterocycles. The predicted octanol–water partition coefficient (Wildman–Crippen LogP) is 2.61. The number of rotatable bonds is 3. The molecule has 0 aliphatic carbocycles. The van der Waals surface area contributed by atoms with Crippen LogP contribution in [0.15, 0.2) is 0 Å². The summed E-state index contributed by atoms with van der Waals surface area (Å²) in [4.78, 5) is 0. The van der Waals surface area contributed by atoms with Crippen molar-refractivity contribution in [1.29, 1.82) is 0 Å². The van der Waals surface area contributed by atoms with Crippen LogP contribution in [0.3, 0.4) is 0 Å². The molecule has 80 valence electrons. The van der Waals surface area contributed by atoms with Crippen molar-refractivity contribution in [3.8, 4) is 0 Å². The molecule has 0 rings (SSSR count). The van der Waals surface area contributed by atoms with Crippen LogP contribution in [0.4, 0.5) is 0 Å². The van der Waals surface area contributed by atoms with Gasteiger partial charge in [-0.3, -0.25) is 0 Å². The van der Waals surface area contributed by atoms with Crippen LogP contribution < -0.4 is 0 Å². The summed E-state index contributed by atoms with van der Waals surface area (Å²) in [5.74, 6) is 0. The largest absolute Gasteiger partial charge is 0.147 e. The average Bonchev–Trinajstić information content (AvgIpc) is 1.64. The summed E-state index contributed by atoms with van der Waals surface area (Å²) in [6.45, 7) is 4.32. The van der Waals surface area contributed by atoms with Crippen molar-refractivity contribution in [2.75, 3.05) is 0 Å². The van der Waals surface area contributed by atoms with Crippen molar-refractivity contribution >= 4 is 32.2 Å². The summed E-state index contributed by atoms with van der Waals surface area (Å²) in [7, 11) is 1.03. The second-order valence-corrected chi connectivity index (χ2v) is 55.7. The third-order valence-corrected chi connectivity index (χ3v) is 23.5. The molecule has 12 heavy (non-hydrogen) atoms. The van der Waals surface area contributed by atoms with Gasteiger partial charge in [0.25, 0.3) is 0 Å². The summed E-state index contributed by atoms with van der Waals surface area (Å²) in [5, 5.41) is 0. The molecule has 0 radical (unpaired) electrons. The maximum Gasteiger partial charge on any atom is -0.147 e. The van der Waals surface area contributed by atoms with Crippen LogP contribution in [0.25, 0.3) is 0 Å². The first-order chi connectivity index (χ1) is 4.12. The van der Waals surface area contributed by atoms with Gasteiger partial charge in [-0.1, -0.05) is 0 Å². The molecule has 0 spiro atoms. The molecular weight excluding hydrogens is 290 g/mol. The van der Waals surface area contributed by atoms with E-state index in [2.05, 4.69) is 23.1 Å². The zero-order valence-electron chi connectivity index (χ0n) is 8.89. The van der Waals surface area contributed by atoms with Crippen LogP contribution in [-0.4, -0.2) is 10.6 Å². The van der Waals surface area contributed by atoms with Gasteiger partial charge in [-0.15, -0.1) is 24.8 Å². The molecule has 0 unspecified atom stereocenters. The van der Waals surface area contributed by atoms with Crippen LogP contribution in [0.2, 0.25) is 17.5 Å². The number of halogens is 2. The van der Waals surface area contributed by atoms with Crippen LogP contribution >= 0.6 is 24.8 Å². The van der Waals surface area contributed by atoms with E-state index in [1.54, 1.807) is 0 Å². The van der Waals surface area contributed by atoms with E-state index in [0.29, 0.717) is 0 Å². The van der Waals surface area contributed by atoms with E-state index >= 15 is 0 Å². The molecule has 0 fully saturated rings. The molecule has 0 aliphatic heterocycles. The molecule has 1 N–H and O–H groups in total. The van der Waals surface area contributed by atoms with Crippen molar-refractivity contribution in [2.45, 2.75) is 37.8 Å². The minimum absolute atomic E-state index is 0. The Hall–Kier alpha value is 1.64. The molecule has 0 atom stereocenters. The third kappa shape index (κ3) is 8.25. The van der Waals surface area contributed by atoms with E-state index in [9.17, 15) is 3.18 Å². The normalized spacial score (nSPS) is 16.8. The first-order valence-corrected chi connectivity index (χ1v) is 22.2. The molecule has 0 aromatic carbocycles. The van der Waals surface area contributed by atoms with Gasteiger partial charge in [-0.25, -0.2) is 0 Å². The van der Waals surface area contributed by atoms with Crippen molar-refractivity contribution in [2.24, 2.45) is 0 Å². The Balaban J connectivity index is -0.000000405. The maximum atomic E-state index is 10.5. The van der Waals surface area contributed by atoms with E-state index in [-0.39, 0.29) is 24.8 Å². The second kappa shape index (κ2) is 4.44. The van der Waals surface area contributed by atoms with E-state index in [0.717, 1.165) is 22.0 Å². The van der Waals surface area contributed by atoms with Gasteiger partial charge < -0.3 is 0 Å². The topological polar surface area (TPSA) is 20.2 Å². The number of hydrogen-bond donors (Lipinski definition) is 1. The summed E-state index contributed by atoms with van der Waals surface area (Å²) in [6, 6.07) is 0. The Morgan fingerprint density at radius 2 is 1.50 bits per heavy atom. The van der Waals surface area contributed by atoms with Crippen LogP contribution in [-0.2, 0) is 16.9 Å². The summed E-state index contributed by atoms with van der Waals surface area (Å²) >= 11 is -3.36. The SMILES string of the molecule is CC[CH2][Zr]([CH3])([CH3])([OH])([SiH3])[CH2]C.Cl.Cl. The molecule has 0 saturated carbocycles. The monoisotopic (exact) mass is 312 g/mol. The Bertz CT molecular complexity index is 140. The summed E-state index contributed by atoms with van der Waals surface area (Å²) in [5.41, 5.74) is 0. The molecule has 0 aromatic rings. The van der Waals surface area contributed by atoms with Crippen molar-refractivity contribution in [3.05, 3.63) is 0 Å². The number of hydrogen-bond acceptors (Lipinski definition) is 1. The fourth-order valence-corrected chi connectivity index (χ4v) is 10.1. The van der Waals surface area contributed by atoms with Crippen molar-refractivity contribution < 1.29 is 20.1 Å². The van der Waals surface area contributed by atoms with Gasteiger partial charge in [0.15, 0.2) is 0 Å². The van der Waals surface area contributed by atoms with Crippen molar-refractivity contribution in [3.63, 3.8) is 0 Å². The average molecular weight is 314 g/mol.